The fourth-order valence-electron chi connectivity index (χ4n) is 2.80. The molecule has 0 fully saturated rings. The molecule has 146 valence electrons. The van der Waals surface area contributed by atoms with E-state index in [4.69, 9.17) is 4.42 Å². The smallest absolute Gasteiger partial charge is 0.408 e. The molecule has 1 unspecified atom stereocenters. The zero-order valence-corrected chi connectivity index (χ0v) is 15.9. The van der Waals surface area contributed by atoms with E-state index in [9.17, 15) is 14.4 Å². The summed E-state index contributed by atoms with van der Waals surface area (Å²) >= 11 is 0. The topological polar surface area (TPSA) is 93.3 Å². The number of fused-ring (bicyclic) bond motifs is 1. The SMILES string of the molecule is CCC(C)NC(=O)c1cccc(CNC(=O)Cn2c(=O)oc3ccccc32)c1. The third-order valence-corrected chi connectivity index (χ3v) is 4.54. The molecule has 0 bridgehead atoms. The van der Waals surface area contributed by atoms with Gasteiger partial charge in [-0.05, 0) is 43.2 Å². The van der Waals surface area contributed by atoms with Crippen LogP contribution in [-0.2, 0) is 17.9 Å². The highest BCUT2D eigenvalue weighted by atomic mass is 16.4. The highest BCUT2D eigenvalue weighted by molar-refractivity contribution is 5.94. The van der Waals surface area contributed by atoms with E-state index in [1.165, 1.54) is 4.57 Å². The van der Waals surface area contributed by atoms with Crippen LogP contribution >= 0.6 is 0 Å². The van der Waals surface area contributed by atoms with Crippen molar-refractivity contribution < 1.29 is 14.0 Å². The van der Waals surface area contributed by atoms with Gasteiger partial charge in [0.2, 0.25) is 5.91 Å². The zero-order chi connectivity index (χ0) is 20.1. The van der Waals surface area contributed by atoms with Crippen LogP contribution in [-0.4, -0.2) is 22.4 Å². The maximum Gasteiger partial charge on any atom is 0.420 e. The Morgan fingerprint density at radius 2 is 1.93 bits per heavy atom. The number of nitrogens with one attached hydrogen (secondary N) is 2. The van der Waals surface area contributed by atoms with Crippen LogP contribution in [0.4, 0.5) is 0 Å². The van der Waals surface area contributed by atoms with E-state index in [0.29, 0.717) is 16.7 Å². The third-order valence-electron chi connectivity index (χ3n) is 4.54. The van der Waals surface area contributed by atoms with Crippen molar-refractivity contribution in [2.24, 2.45) is 0 Å². The van der Waals surface area contributed by atoms with Gasteiger partial charge < -0.3 is 15.1 Å². The number of hydrogen-bond donors (Lipinski definition) is 2. The Morgan fingerprint density at radius 3 is 2.71 bits per heavy atom. The van der Waals surface area contributed by atoms with Crippen LogP contribution in [0.15, 0.2) is 57.7 Å². The van der Waals surface area contributed by atoms with Crippen LogP contribution in [0.2, 0.25) is 0 Å². The van der Waals surface area contributed by atoms with Crippen molar-refractivity contribution >= 4 is 22.9 Å². The van der Waals surface area contributed by atoms with Gasteiger partial charge >= 0.3 is 5.76 Å². The Hall–Kier alpha value is -3.35. The largest absolute Gasteiger partial charge is 0.420 e. The predicted molar refractivity (Wildman–Crippen MR) is 106 cm³/mol. The van der Waals surface area contributed by atoms with Crippen molar-refractivity contribution in [3.63, 3.8) is 0 Å². The van der Waals surface area contributed by atoms with E-state index in [0.717, 1.165) is 12.0 Å². The minimum Gasteiger partial charge on any atom is -0.408 e. The second-order valence-corrected chi connectivity index (χ2v) is 6.68. The fraction of sp³-hybridized carbons (Fsp3) is 0.286. The zero-order valence-electron chi connectivity index (χ0n) is 15.9. The number of hydrogen-bond acceptors (Lipinski definition) is 4. The number of carbonyl (C=O) groups excluding carboxylic acids is 2. The Balaban J connectivity index is 1.63. The number of carbonyl (C=O) groups is 2. The summed E-state index contributed by atoms with van der Waals surface area (Å²) < 4.78 is 6.42. The van der Waals surface area contributed by atoms with Gasteiger partial charge in [0, 0.05) is 18.2 Å². The summed E-state index contributed by atoms with van der Waals surface area (Å²) in [4.78, 5) is 36.5. The van der Waals surface area contributed by atoms with Gasteiger partial charge in [-0.2, -0.15) is 0 Å². The first-order chi connectivity index (χ1) is 13.5. The number of para-hydroxylation sites is 2. The molecule has 2 N–H and O–H groups in total. The minimum absolute atomic E-state index is 0.0963. The lowest BCUT2D eigenvalue weighted by molar-refractivity contribution is -0.121. The van der Waals surface area contributed by atoms with E-state index in [2.05, 4.69) is 10.6 Å². The Kier molecular flexibility index (Phi) is 5.93. The number of benzene rings is 2. The molecule has 3 rings (SSSR count). The molecule has 1 atom stereocenters. The van der Waals surface area contributed by atoms with E-state index in [-0.39, 0.29) is 30.9 Å². The summed E-state index contributed by atoms with van der Waals surface area (Å²) in [5.74, 6) is -1.03. The van der Waals surface area contributed by atoms with Gasteiger partial charge in [-0.15, -0.1) is 0 Å². The molecule has 0 aliphatic rings. The van der Waals surface area contributed by atoms with E-state index >= 15 is 0 Å². The van der Waals surface area contributed by atoms with Crippen LogP contribution in [0.3, 0.4) is 0 Å². The quantitative estimate of drug-likeness (QED) is 0.657. The highest BCUT2D eigenvalue weighted by Gasteiger charge is 2.13. The average Bonchev–Trinajstić information content (AvgIpc) is 3.01. The molecule has 0 saturated heterocycles. The summed E-state index contributed by atoms with van der Waals surface area (Å²) in [5.41, 5.74) is 2.37. The van der Waals surface area contributed by atoms with E-state index in [1.807, 2.05) is 19.9 Å². The Labute approximate surface area is 162 Å². The van der Waals surface area contributed by atoms with E-state index in [1.54, 1.807) is 42.5 Å². The summed E-state index contributed by atoms with van der Waals surface area (Å²) in [7, 11) is 0. The number of amides is 2. The van der Waals surface area contributed by atoms with Gasteiger partial charge in [0.25, 0.3) is 5.91 Å². The van der Waals surface area contributed by atoms with E-state index < -0.39 is 5.76 Å². The van der Waals surface area contributed by atoms with Crippen LogP contribution < -0.4 is 16.4 Å². The highest BCUT2D eigenvalue weighted by Crippen LogP contribution is 2.11. The molecular formula is C21H23N3O4. The molecule has 0 saturated carbocycles. The molecule has 1 heterocycles. The number of oxazole rings is 1. The summed E-state index contributed by atoms with van der Waals surface area (Å²) in [6, 6.07) is 14.1. The molecule has 0 spiro atoms. The molecule has 2 aromatic carbocycles. The van der Waals surface area contributed by atoms with Crippen molar-refractivity contribution in [3.8, 4) is 0 Å². The van der Waals surface area contributed by atoms with Crippen molar-refractivity contribution in [2.45, 2.75) is 39.4 Å². The summed E-state index contributed by atoms with van der Waals surface area (Å²) in [6.07, 6.45) is 0.851. The molecular weight excluding hydrogens is 358 g/mol. The van der Waals surface area contributed by atoms with Gasteiger partial charge in [-0.3, -0.25) is 14.2 Å². The lowest BCUT2D eigenvalue weighted by atomic mass is 10.1. The van der Waals surface area contributed by atoms with Crippen molar-refractivity contribution in [1.29, 1.82) is 0 Å². The molecule has 3 aromatic rings. The average molecular weight is 381 g/mol. The Morgan fingerprint density at radius 1 is 1.14 bits per heavy atom. The second kappa shape index (κ2) is 8.56. The maximum absolute atomic E-state index is 12.3. The third kappa shape index (κ3) is 4.49. The van der Waals surface area contributed by atoms with Gasteiger partial charge in [-0.25, -0.2) is 4.79 Å². The molecule has 28 heavy (non-hydrogen) atoms. The van der Waals surface area contributed by atoms with Crippen molar-refractivity contribution in [1.82, 2.24) is 15.2 Å². The minimum atomic E-state index is -0.569. The molecule has 0 radical (unpaired) electrons. The Bertz CT molecular complexity index is 1050. The van der Waals surface area contributed by atoms with Crippen molar-refractivity contribution in [3.05, 3.63) is 70.2 Å². The first-order valence-corrected chi connectivity index (χ1v) is 9.22. The maximum atomic E-state index is 12.3. The van der Waals surface area contributed by atoms with Gasteiger partial charge in [-0.1, -0.05) is 31.2 Å². The lowest BCUT2D eigenvalue weighted by Gasteiger charge is -2.12. The van der Waals surface area contributed by atoms with Gasteiger partial charge in [0.1, 0.15) is 6.54 Å². The lowest BCUT2D eigenvalue weighted by Crippen LogP contribution is -2.32. The predicted octanol–water partition coefficient (Wildman–Crippen LogP) is 2.44. The van der Waals surface area contributed by atoms with Gasteiger partial charge in [0.05, 0.1) is 5.52 Å². The molecule has 7 nitrogen and oxygen atoms in total. The summed E-state index contributed by atoms with van der Waals surface area (Å²) in [6.45, 7) is 4.08. The second-order valence-electron chi connectivity index (χ2n) is 6.68. The normalized spacial score (nSPS) is 11.9. The van der Waals surface area contributed by atoms with Crippen LogP contribution in [0, 0.1) is 0 Å². The summed E-state index contributed by atoms with van der Waals surface area (Å²) in [5, 5.41) is 5.69. The molecule has 2 amide bonds. The van der Waals surface area contributed by atoms with Crippen LogP contribution in [0.25, 0.3) is 11.1 Å². The number of nitrogens with zero attached hydrogens (tertiary/aromatic N) is 1. The van der Waals surface area contributed by atoms with Crippen molar-refractivity contribution in [2.75, 3.05) is 0 Å². The molecule has 0 aliphatic carbocycles. The van der Waals surface area contributed by atoms with Crippen LogP contribution in [0.5, 0.6) is 0 Å². The number of rotatable bonds is 7. The number of aromatic nitrogens is 1. The first-order valence-electron chi connectivity index (χ1n) is 9.22. The fourth-order valence-corrected chi connectivity index (χ4v) is 2.80. The molecule has 0 aliphatic heterocycles. The first kappa shape index (κ1) is 19.4. The van der Waals surface area contributed by atoms with Crippen LogP contribution in [0.1, 0.15) is 36.2 Å². The standard InChI is InChI=1S/C21H23N3O4/c1-3-14(2)23-20(26)16-8-6-7-15(11-16)12-22-19(25)13-24-17-9-4-5-10-18(17)28-21(24)27/h4-11,14H,3,12-13H2,1-2H3,(H,22,25)(H,23,26). The monoisotopic (exact) mass is 381 g/mol. The molecule has 7 heteroatoms. The van der Waals surface area contributed by atoms with Gasteiger partial charge in [0.15, 0.2) is 5.58 Å². The molecule has 1 aromatic heterocycles.